The van der Waals surface area contributed by atoms with Crippen LogP contribution in [0.25, 0.3) is 12.2 Å². The maximum Gasteiger partial charge on any atom is 0.248 e. The van der Waals surface area contributed by atoms with Gasteiger partial charge in [0.15, 0.2) is 0 Å². The van der Waals surface area contributed by atoms with E-state index in [1.165, 1.54) is 12.2 Å². The van der Waals surface area contributed by atoms with Crippen LogP contribution in [0.3, 0.4) is 0 Å². The van der Waals surface area contributed by atoms with E-state index in [2.05, 4.69) is 10.6 Å². The lowest BCUT2D eigenvalue weighted by Gasteiger charge is -2.07. The summed E-state index contributed by atoms with van der Waals surface area (Å²) < 4.78 is 0. The van der Waals surface area contributed by atoms with Crippen molar-refractivity contribution >= 4 is 35.3 Å². The van der Waals surface area contributed by atoms with E-state index in [-0.39, 0.29) is 11.8 Å². The predicted molar refractivity (Wildman–Crippen MR) is 144 cm³/mol. The molecule has 0 fully saturated rings. The van der Waals surface area contributed by atoms with Crippen LogP contribution in [0, 0.1) is 0 Å². The molecule has 0 aliphatic rings. The summed E-state index contributed by atoms with van der Waals surface area (Å²) >= 11 is 0. The van der Waals surface area contributed by atoms with Gasteiger partial charge in [0.05, 0.1) is 0 Å². The van der Waals surface area contributed by atoms with Crippen LogP contribution in [0.5, 0.6) is 0 Å². The zero-order valence-electron chi connectivity index (χ0n) is 19.2. The molecule has 0 atom stereocenters. The second-order valence-electron chi connectivity index (χ2n) is 8.04. The third-order valence-electron chi connectivity index (χ3n) is 5.30. The lowest BCUT2D eigenvalue weighted by atomic mass is 10.0. The first-order valence-corrected chi connectivity index (χ1v) is 11.4. The molecule has 0 heterocycles. The number of carbonyl (C=O) groups is 2. The second-order valence-corrected chi connectivity index (χ2v) is 8.04. The molecule has 4 rings (SSSR count). The summed E-state index contributed by atoms with van der Waals surface area (Å²) in [7, 11) is 0. The van der Waals surface area contributed by atoms with E-state index in [0.29, 0.717) is 0 Å². The lowest BCUT2D eigenvalue weighted by Crippen LogP contribution is -2.08. The van der Waals surface area contributed by atoms with Gasteiger partial charge in [0.2, 0.25) is 11.8 Å². The van der Waals surface area contributed by atoms with Gasteiger partial charge in [0.1, 0.15) is 0 Å². The van der Waals surface area contributed by atoms with Crippen LogP contribution in [-0.2, 0) is 16.0 Å². The van der Waals surface area contributed by atoms with Crippen LogP contribution in [0.2, 0.25) is 0 Å². The molecule has 0 saturated heterocycles. The van der Waals surface area contributed by atoms with Crippen LogP contribution >= 0.6 is 0 Å². The molecular weight excluding hydrogens is 432 g/mol. The van der Waals surface area contributed by atoms with Crippen molar-refractivity contribution in [3.63, 3.8) is 0 Å². The Kier molecular flexibility index (Phi) is 8.01. The average Bonchev–Trinajstić information content (AvgIpc) is 2.90. The van der Waals surface area contributed by atoms with E-state index < -0.39 is 0 Å². The molecule has 0 unspecified atom stereocenters. The molecule has 0 radical (unpaired) electrons. The molecule has 4 nitrogen and oxygen atoms in total. The number of hydrogen-bond acceptors (Lipinski definition) is 2. The highest BCUT2D eigenvalue weighted by atomic mass is 16.2. The molecule has 4 heteroatoms. The Labute approximate surface area is 205 Å². The Morgan fingerprint density at radius 2 is 0.886 bits per heavy atom. The third kappa shape index (κ3) is 7.69. The molecular formula is C31H26N2O2. The second kappa shape index (κ2) is 12.0. The van der Waals surface area contributed by atoms with Gasteiger partial charge >= 0.3 is 0 Å². The van der Waals surface area contributed by atoms with E-state index in [4.69, 9.17) is 0 Å². The first-order valence-electron chi connectivity index (χ1n) is 11.4. The molecule has 2 N–H and O–H groups in total. The monoisotopic (exact) mass is 458 g/mol. The number of nitrogens with one attached hydrogen (secondary N) is 2. The summed E-state index contributed by atoms with van der Waals surface area (Å²) in [6.45, 7) is 0. The Hall–Kier alpha value is -4.70. The minimum Gasteiger partial charge on any atom is -0.323 e. The Bertz CT molecular complexity index is 1200. The van der Waals surface area contributed by atoms with Crippen molar-refractivity contribution in [2.24, 2.45) is 0 Å². The van der Waals surface area contributed by atoms with Crippen molar-refractivity contribution in [3.05, 3.63) is 144 Å². The summed E-state index contributed by atoms with van der Waals surface area (Å²) in [6, 6.07) is 35.0. The van der Waals surface area contributed by atoms with Crippen molar-refractivity contribution < 1.29 is 9.59 Å². The quantitative estimate of drug-likeness (QED) is 0.293. The van der Waals surface area contributed by atoms with E-state index in [1.54, 1.807) is 12.2 Å². The van der Waals surface area contributed by atoms with Gasteiger partial charge in [-0.25, -0.2) is 0 Å². The van der Waals surface area contributed by atoms with Crippen LogP contribution in [0.4, 0.5) is 11.4 Å². The zero-order chi connectivity index (χ0) is 24.3. The fourth-order valence-electron chi connectivity index (χ4n) is 3.49. The molecule has 0 aliphatic heterocycles. The van der Waals surface area contributed by atoms with Crippen molar-refractivity contribution in [1.29, 1.82) is 0 Å². The van der Waals surface area contributed by atoms with Gasteiger partial charge in [0.25, 0.3) is 0 Å². The van der Waals surface area contributed by atoms with Gasteiger partial charge in [-0.3, -0.25) is 9.59 Å². The molecule has 4 aromatic rings. The highest BCUT2D eigenvalue weighted by molar-refractivity contribution is 6.02. The average molecular weight is 459 g/mol. The van der Waals surface area contributed by atoms with Gasteiger partial charge < -0.3 is 10.6 Å². The normalized spacial score (nSPS) is 11.0. The first kappa shape index (κ1) is 23.5. The molecule has 4 aromatic carbocycles. The fraction of sp³-hybridized carbons (Fsp3) is 0.0323. The molecule has 172 valence electrons. The van der Waals surface area contributed by atoms with Crippen molar-refractivity contribution in [2.75, 3.05) is 10.6 Å². The first-order chi connectivity index (χ1) is 17.1. The Morgan fingerprint density at radius 1 is 0.514 bits per heavy atom. The standard InChI is InChI=1S/C31H26N2O2/c34-30(21-15-24-7-3-1-4-8-24)32-28-17-11-26(12-18-28)23-27-13-19-29(20-14-27)33-31(35)22-16-25-9-5-2-6-10-25/h1-22H,23H2,(H,32,34)(H,33,35)/b21-15+,22-16+. The van der Waals surface area contributed by atoms with Crippen LogP contribution in [0.1, 0.15) is 22.3 Å². The number of amides is 2. The van der Waals surface area contributed by atoms with Crippen LogP contribution in [-0.4, -0.2) is 11.8 Å². The topological polar surface area (TPSA) is 58.2 Å². The van der Waals surface area contributed by atoms with Crippen molar-refractivity contribution in [2.45, 2.75) is 6.42 Å². The summed E-state index contributed by atoms with van der Waals surface area (Å²) in [5, 5.41) is 5.76. The SMILES string of the molecule is O=C(/C=C/c1ccccc1)Nc1ccc(Cc2ccc(NC(=O)/C=C/c3ccccc3)cc2)cc1. The molecule has 0 aromatic heterocycles. The highest BCUT2D eigenvalue weighted by Gasteiger charge is 2.02. The van der Waals surface area contributed by atoms with E-state index in [0.717, 1.165) is 40.0 Å². The molecule has 0 spiro atoms. The number of carbonyl (C=O) groups excluding carboxylic acids is 2. The third-order valence-corrected chi connectivity index (χ3v) is 5.30. The van der Waals surface area contributed by atoms with Gasteiger partial charge in [-0.1, -0.05) is 84.9 Å². The van der Waals surface area contributed by atoms with E-state index in [1.807, 2.05) is 109 Å². The molecule has 2 amide bonds. The van der Waals surface area contributed by atoms with Gasteiger partial charge in [0, 0.05) is 23.5 Å². The summed E-state index contributed by atoms with van der Waals surface area (Å²) in [4.78, 5) is 24.3. The maximum atomic E-state index is 12.2. The summed E-state index contributed by atoms with van der Waals surface area (Å²) in [5.74, 6) is -0.337. The number of hydrogen-bond donors (Lipinski definition) is 2. The highest BCUT2D eigenvalue weighted by Crippen LogP contribution is 2.16. The van der Waals surface area contributed by atoms with E-state index in [9.17, 15) is 9.59 Å². The minimum atomic E-state index is -0.169. The van der Waals surface area contributed by atoms with Crippen LogP contribution in [0.15, 0.2) is 121 Å². The molecule has 0 saturated carbocycles. The summed E-state index contributed by atoms with van der Waals surface area (Å²) in [5.41, 5.74) is 5.71. The zero-order valence-corrected chi connectivity index (χ0v) is 19.2. The molecule has 35 heavy (non-hydrogen) atoms. The maximum absolute atomic E-state index is 12.2. The predicted octanol–water partition coefficient (Wildman–Crippen LogP) is 6.58. The van der Waals surface area contributed by atoms with Crippen molar-refractivity contribution in [1.82, 2.24) is 0 Å². The van der Waals surface area contributed by atoms with E-state index >= 15 is 0 Å². The number of rotatable bonds is 8. The molecule has 0 bridgehead atoms. The fourth-order valence-corrected chi connectivity index (χ4v) is 3.49. The minimum absolute atomic E-state index is 0.169. The number of anilines is 2. The number of benzene rings is 4. The smallest absolute Gasteiger partial charge is 0.248 e. The van der Waals surface area contributed by atoms with Crippen LogP contribution < -0.4 is 10.6 Å². The summed E-state index contributed by atoms with van der Waals surface area (Å²) in [6.07, 6.45) is 7.39. The Morgan fingerprint density at radius 3 is 1.26 bits per heavy atom. The van der Waals surface area contributed by atoms with Crippen molar-refractivity contribution in [3.8, 4) is 0 Å². The largest absolute Gasteiger partial charge is 0.323 e. The lowest BCUT2D eigenvalue weighted by molar-refractivity contribution is -0.112. The Balaban J connectivity index is 1.27. The van der Waals surface area contributed by atoms with Gasteiger partial charge in [-0.2, -0.15) is 0 Å². The van der Waals surface area contributed by atoms with Gasteiger partial charge in [-0.15, -0.1) is 0 Å². The van der Waals surface area contributed by atoms with Gasteiger partial charge in [-0.05, 0) is 65.1 Å². The molecule has 0 aliphatic carbocycles.